The van der Waals surface area contributed by atoms with Crippen molar-refractivity contribution in [3.8, 4) is 5.75 Å². The topological polar surface area (TPSA) is 97.0 Å². The number of piperidine rings is 1. The molecule has 0 unspecified atom stereocenters. The Morgan fingerprint density at radius 2 is 1.74 bits per heavy atom. The van der Waals surface area contributed by atoms with Crippen LogP contribution in [-0.2, 0) is 14.3 Å². The lowest BCUT2D eigenvalue weighted by atomic mass is 9.96. The fourth-order valence-electron chi connectivity index (χ4n) is 3.12. The summed E-state index contributed by atoms with van der Waals surface area (Å²) in [6, 6.07) is 6.84. The zero-order chi connectivity index (χ0) is 22.9. The van der Waals surface area contributed by atoms with Gasteiger partial charge in [0.2, 0.25) is 5.91 Å². The van der Waals surface area contributed by atoms with Crippen molar-refractivity contribution < 1.29 is 23.9 Å². The molecule has 172 valence electrons. The number of ether oxygens (including phenoxy) is 2. The number of amides is 3. The molecule has 0 atom stereocenters. The Morgan fingerprint density at radius 3 is 2.35 bits per heavy atom. The van der Waals surface area contributed by atoms with Gasteiger partial charge >= 0.3 is 6.09 Å². The molecule has 0 bridgehead atoms. The SMILES string of the molecule is CC(C)(C)OC(=O)NCCC(=O)N1CCC(CNC(=O)COc2ccc(Cl)cc2)CC1. The van der Waals surface area contributed by atoms with E-state index in [0.29, 0.717) is 36.3 Å². The second kappa shape index (κ2) is 11.8. The van der Waals surface area contributed by atoms with Gasteiger partial charge in [0.05, 0.1) is 0 Å². The molecule has 9 heteroatoms. The second-order valence-corrected chi connectivity index (χ2v) is 8.99. The summed E-state index contributed by atoms with van der Waals surface area (Å²) in [7, 11) is 0. The first-order valence-electron chi connectivity index (χ1n) is 10.5. The molecule has 1 aromatic carbocycles. The summed E-state index contributed by atoms with van der Waals surface area (Å²) in [6.07, 6.45) is 1.37. The standard InChI is InChI=1S/C22H32ClN3O5/c1-22(2,3)31-21(29)24-11-8-20(28)26-12-9-16(10-13-26)14-25-19(27)15-30-18-6-4-17(23)5-7-18/h4-7,16H,8-15H2,1-3H3,(H,24,29)(H,25,27). The van der Waals surface area contributed by atoms with E-state index in [0.717, 1.165) is 12.8 Å². The fourth-order valence-corrected chi connectivity index (χ4v) is 3.25. The molecule has 2 N–H and O–H groups in total. The van der Waals surface area contributed by atoms with E-state index in [1.807, 2.05) is 0 Å². The van der Waals surface area contributed by atoms with Crippen molar-refractivity contribution in [1.29, 1.82) is 0 Å². The summed E-state index contributed by atoms with van der Waals surface area (Å²) >= 11 is 5.82. The van der Waals surface area contributed by atoms with Gasteiger partial charge in [0.25, 0.3) is 5.91 Å². The lowest BCUT2D eigenvalue weighted by Gasteiger charge is -2.32. The van der Waals surface area contributed by atoms with Crippen LogP contribution in [0.4, 0.5) is 4.79 Å². The number of alkyl carbamates (subject to hydrolysis) is 1. The van der Waals surface area contributed by atoms with Gasteiger partial charge in [0, 0.05) is 37.6 Å². The van der Waals surface area contributed by atoms with Gasteiger partial charge in [-0.3, -0.25) is 9.59 Å². The van der Waals surface area contributed by atoms with E-state index in [1.165, 1.54) is 0 Å². The molecule has 0 radical (unpaired) electrons. The van der Waals surface area contributed by atoms with E-state index in [9.17, 15) is 14.4 Å². The largest absolute Gasteiger partial charge is 0.484 e. The highest BCUT2D eigenvalue weighted by Crippen LogP contribution is 2.17. The predicted octanol–water partition coefficient (Wildman–Crippen LogP) is 2.99. The average molecular weight is 454 g/mol. The van der Waals surface area contributed by atoms with E-state index < -0.39 is 11.7 Å². The molecule has 8 nitrogen and oxygen atoms in total. The number of halogens is 1. The van der Waals surface area contributed by atoms with Crippen molar-refractivity contribution in [2.24, 2.45) is 5.92 Å². The highest BCUT2D eigenvalue weighted by Gasteiger charge is 2.23. The highest BCUT2D eigenvalue weighted by molar-refractivity contribution is 6.30. The van der Waals surface area contributed by atoms with Gasteiger partial charge in [-0.2, -0.15) is 0 Å². The number of rotatable bonds is 8. The van der Waals surface area contributed by atoms with Gasteiger partial charge in [-0.1, -0.05) is 11.6 Å². The van der Waals surface area contributed by atoms with Crippen LogP contribution in [-0.4, -0.2) is 61.2 Å². The van der Waals surface area contributed by atoms with Crippen LogP contribution in [0, 0.1) is 5.92 Å². The third-order valence-electron chi connectivity index (χ3n) is 4.75. The maximum Gasteiger partial charge on any atom is 0.407 e. The van der Waals surface area contributed by atoms with Gasteiger partial charge in [-0.15, -0.1) is 0 Å². The Kier molecular flexibility index (Phi) is 9.43. The van der Waals surface area contributed by atoms with E-state index in [-0.39, 0.29) is 31.4 Å². The molecule has 31 heavy (non-hydrogen) atoms. The molecule has 0 saturated carbocycles. The first kappa shape index (κ1) is 24.8. The number of benzene rings is 1. The van der Waals surface area contributed by atoms with Crippen LogP contribution in [0.5, 0.6) is 5.75 Å². The first-order valence-corrected chi connectivity index (χ1v) is 10.9. The monoisotopic (exact) mass is 453 g/mol. The minimum atomic E-state index is -0.562. The van der Waals surface area contributed by atoms with Crippen molar-refractivity contribution >= 4 is 29.5 Å². The van der Waals surface area contributed by atoms with Crippen LogP contribution in [0.1, 0.15) is 40.0 Å². The Labute approximate surface area is 188 Å². The summed E-state index contributed by atoms with van der Waals surface area (Å²) in [5.41, 5.74) is -0.562. The van der Waals surface area contributed by atoms with E-state index in [1.54, 1.807) is 49.9 Å². The molecule has 0 aliphatic carbocycles. The molecule has 1 aliphatic heterocycles. The van der Waals surface area contributed by atoms with Gasteiger partial charge in [0.1, 0.15) is 11.4 Å². The Morgan fingerprint density at radius 1 is 1.10 bits per heavy atom. The van der Waals surface area contributed by atoms with Gasteiger partial charge in [-0.25, -0.2) is 4.79 Å². The molecule has 2 rings (SSSR count). The third-order valence-corrected chi connectivity index (χ3v) is 5.00. The van der Waals surface area contributed by atoms with Gasteiger partial charge < -0.3 is 25.0 Å². The van der Waals surface area contributed by atoms with Gasteiger partial charge in [0.15, 0.2) is 6.61 Å². The van der Waals surface area contributed by atoms with E-state index in [4.69, 9.17) is 21.1 Å². The Bertz CT molecular complexity index is 741. The molecule has 0 spiro atoms. The summed E-state index contributed by atoms with van der Waals surface area (Å²) in [5.74, 6) is 0.743. The average Bonchev–Trinajstić information content (AvgIpc) is 2.71. The van der Waals surface area contributed by atoms with Gasteiger partial charge in [-0.05, 0) is 63.8 Å². The first-order chi connectivity index (χ1) is 14.6. The molecule has 1 saturated heterocycles. The quantitative estimate of drug-likeness (QED) is 0.630. The molecule has 1 aromatic rings. The highest BCUT2D eigenvalue weighted by atomic mass is 35.5. The number of hydrogen-bond acceptors (Lipinski definition) is 5. The minimum absolute atomic E-state index is 0.00917. The predicted molar refractivity (Wildman–Crippen MR) is 118 cm³/mol. The molecular weight excluding hydrogens is 422 g/mol. The molecule has 3 amide bonds. The van der Waals surface area contributed by atoms with E-state index in [2.05, 4.69) is 10.6 Å². The molecule has 1 heterocycles. The number of carbonyl (C=O) groups is 3. The lowest BCUT2D eigenvalue weighted by molar-refractivity contribution is -0.132. The number of carbonyl (C=O) groups excluding carboxylic acids is 3. The maximum atomic E-state index is 12.3. The fraction of sp³-hybridized carbons (Fsp3) is 0.591. The number of nitrogens with one attached hydrogen (secondary N) is 2. The van der Waals surface area contributed by atoms with E-state index >= 15 is 0 Å². The lowest BCUT2D eigenvalue weighted by Crippen LogP contribution is -2.43. The molecule has 0 aromatic heterocycles. The van der Waals surface area contributed by atoms with Crippen molar-refractivity contribution in [1.82, 2.24) is 15.5 Å². The van der Waals surface area contributed by atoms with Crippen molar-refractivity contribution in [3.05, 3.63) is 29.3 Å². The normalized spacial score (nSPS) is 14.6. The van der Waals surface area contributed by atoms with Crippen LogP contribution in [0.2, 0.25) is 5.02 Å². The summed E-state index contributed by atoms with van der Waals surface area (Å²) in [4.78, 5) is 37.7. The summed E-state index contributed by atoms with van der Waals surface area (Å²) < 4.78 is 10.6. The van der Waals surface area contributed by atoms with Crippen LogP contribution >= 0.6 is 11.6 Å². The van der Waals surface area contributed by atoms with Crippen molar-refractivity contribution in [2.75, 3.05) is 32.8 Å². The zero-order valence-corrected chi connectivity index (χ0v) is 19.2. The molecule has 1 aliphatic rings. The number of likely N-dealkylation sites (tertiary alicyclic amines) is 1. The number of hydrogen-bond donors (Lipinski definition) is 2. The van der Waals surface area contributed by atoms with Crippen molar-refractivity contribution in [2.45, 2.75) is 45.6 Å². The summed E-state index contributed by atoms with van der Waals surface area (Å²) in [6.45, 7) is 7.41. The van der Waals surface area contributed by atoms with Crippen LogP contribution in [0.3, 0.4) is 0 Å². The Hall–Kier alpha value is -2.48. The minimum Gasteiger partial charge on any atom is -0.484 e. The van der Waals surface area contributed by atoms with Crippen LogP contribution in [0.25, 0.3) is 0 Å². The molecular formula is C22H32ClN3O5. The smallest absolute Gasteiger partial charge is 0.407 e. The third kappa shape index (κ3) is 9.91. The Balaban J connectivity index is 1.58. The number of nitrogens with zero attached hydrogens (tertiary/aromatic N) is 1. The summed E-state index contributed by atoms with van der Waals surface area (Å²) in [5, 5.41) is 6.10. The van der Waals surface area contributed by atoms with Crippen LogP contribution in [0.15, 0.2) is 24.3 Å². The molecule has 1 fully saturated rings. The zero-order valence-electron chi connectivity index (χ0n) is 18.4. The second-order valence-electron chi connectivity index (χ2n) is 8.55. The van der Waals surface area contributed by atoms with Crippen LogP contribution < -0.4 is 15.4 Å². The van der Waals surface area contributed by atoms with Crippen molar-refractivity contribution in [3.63, 3.8) is 0 Å². The maximum absolute atomic E-state index is 12.3.